The third-order valence-electron chi connectivity index (χ3n) is 4.50. The fourth-order valence-electron chi connectivity index (χ4n) is 3.19. The smallest absolute Gasteiger partial charge is 0.356 e. The molecule has 3 N–H and O–H groups in total. The normalized spacial score (nSPS) is 12.5. The molecule has 0 aliphatic carbocycles. The van der Waals surface area contributed by atoms with Gasteiger partial charge in [0.05, 0.1) is 12.8 Å². The van der Waals surface area contributed by atoms with Crippen molar-refractivity contribution in [1.29, 1.82) is 0 Å². The van der Waals surface area contributed by atoms with Crippen molar-refractivity contribution < 1.29 is 14.1 Å². The van der Waals surface area contributed by atoms with E-state index in [1.54, 1.807) is 18.4 Å². The summed E-state index contributed by atoms with van der Waals surface area (Å²) >= 11 is 5.98. The van der Waals surface area contributed by atoms with E-state index in [0.717, 1.165) is 16.6 Å². The van der Waals surface area contributed by atoms with Crippen LogP contribution in [0.15, 0.2) is 71.3 Å². The Bertz CT molecular complexity index is 1020. The molecule has 0 spiro atoms. The molecule has 26 heavy (non-hydrogen) atoms. The number of halogens is 1. The average molecular weight is 369 g/mol. The molecule has 2 heterocycles. The van der Waals surface area contributed by atoms with E-state index < -0.39 is 6.10 Å². The van der Waals surface area contributed by atoms with Gasteiger partial charge in [-0.05, 0) is 42.0 Å². The minimum absolute atomic E-state index is 0.313. The van der Waals surface area contributed by atoms with Crippen molar-refractivity contribution in [3.63, 3.8) is 0 Å². The Morgan fingerprint density at radius 1 is 1.08 bits per heavy atom. The Balaban J connectivity index is 1.74. The molecule has 4 aromatic rings. The largest absolute Gasteiger partial charge is 0.466 e. The van der Waals surface area contributed by atoms with E-state index in [9.17, 15) is 5.11 Å². The van der Waals surface area contributed by atoms with Crippen LogP contribution in [-0.2, 0) is 13.1 Å². The number of anilines is 1. The van der Waals surface area contributed by atoms with Gasteiger partial charge in [0.1, 0.15) is 29.4 Å². The SMILES string of the molecule is Nc1n(C[C@H](O)c2ccco2)c2ccccc2[n+]1Cc1ccc(Cl)cc1. The van der Waals surface area contributed by atoms with Crippen molar-refractivity contribution >= 4 is 28.6 Å². The average Bonchev–Trinajstić information content (AvgIpc) is 3.27. The fourth-order valence-corrected chi connectivity index (χ4v) is 3.31. The highest BCUT2D eigenvalue weighted by atomic mass is 35.5. The van der Waals surface area contributed by atoms with Crippen molar-refractivity contribution in [3.8, 4) is 0 Å². The molecule has 5 nitrogen and oxygen atoms in total. The molecule has 2 aromatic heterocycles. The van der Waals surface area contributed by atoms with E-state index in [-0.39, 0.29) is 0 Å². The van der Waals surface area contributed by atoms with E-state index in [0.29, 0.717) is 29.8 Å². The molecule has 0 unspecified atom stereocenters. The number of nitrogens with zero attached hydrogens (tertiary/aromatic N) is 2. The van der Waals surface area contributed by atoms with Crippen LogP contribution in [0.4, 0.5) is 5.95 Å². The Morgan fingerprint density at radius 2 is 1.85 bits per heavy atom. The first kappa shape index (κ1) is 16.7. The first-order chi connectivity index (χ1) is 12.6. The van der Waals surface area contributed by atoms with E-state index in [1.165, 1.54) is 0 Å². The van der Waals surface area contributed by atoms with Crippen molar-refractivity contribution in [2.24, 2.45) is 0 Å². The predicted molar refractivity (Wildman–Crippen MR) is 101 cm³/mol. The summed E-state index contributed by atoms with van der Waals surface area (Å²) in [7, 11) is 0. The maximum atomic E-state index is 10.5. The number of benzene rings is 2. The summed E-state index contributed by atoms with van der Waals surface area (Å²) < 4.78 is 9.26. The quantitative estimate of drug-likeness (QED) is 0.529. The van der Waals surface area contributed by atoms with Crippen LogP contribution in [0, 0.1) is 0 Å². The Morgan fingerprint density at radius 3 is 2.58 bits per heavy atom. The van der Waals surface area contributed by atoms with Gasteiger partial charge in [0, 0.05) is 5.02 Å². The molecule has 0 aliphatic heterocycles. The Kier molecular flexibility index (Phi) is 4.41. The Hall–Kier alpha value is -2.76. The van der Waals surface area contributed by atoms with Crippen LogP contribution in [0.1, 0.15) is 17.4 Å². The third kappa shape index (κ3) is 3.07. The topological polar surface area (TPSA) is 68.2 Å². The maximum absolute atomic E-state index is 10.5. The first-order valence-electron chi connectivity index (χ1n) is 8.36. The van der Waals surface area contributed by atoms with Gasteiger partial charge in [0.15, 0.2) is 0 Å². The summed E-state index contributed by atoms with van der Waals surface area (Å²) in [6, 6.07) is 19.2. The molecule has 6 heteroatoms. The summed E-state index contributed by atoms with van der Waals surface area (Å²) in [6.45, 7) is 0.931. The molecule has 0 bridgehead atoms. The van der Waals surface area contributed by atoms with Gasteiger partial charge in [-0.3, -0.25) is 5.73 Å². The molecule has 0 radical (unpaired) electrons. The van der Waals surface area contributed by atoms with Crippen LogP contribution < -0.4 is 10.3 Å². The zero-order chi connectivity index (χ0) is 18.1. The minimum Gasteiger partial charge on any atom is -0.466 e. The van der Waals surface area contributed by atoms with Crippen LogP contribution in [0.2, 0.25) is 5.02 Å². The lowest BCUT2D eigenvalue weighted by Crippen LogP contribution is -2.37. The van der Waals surface area contributed by atoms with Gasteiger partial charge in [-0.1, -0.05) is 35.9 Å². The van der Waals surface area contributed by atoms with E-state index in [1.807, 2.05) is 57.7 Å². The number of nitrogen functional groups attached to an aromatic ring is 1. The highest BCUT2D eigenvalue weighted by Gasteiger charge is 2.24. The summed E-state index contributed by atoms with van der Waals surface area (Å²) in [5, 5.41) is 11.2. The number of aliphatic hydroxyl groups is 1. The second-order valence-corrected chi connectivity index (χ2v) is 6.64. The number of para-hydroxylation sites is 2. The molecule has 0 fully saturated rings. The van der Waals surface area contributed by atoms with Crippen LogP contribution >= 0.6 is 11.6 Å². The highest BCUT2D eigenvalue weighted by Crippen LogP contribution is 2.22. The van der Waals surface area contributed by atoms with Crippen LogP contribution in [-0.4, -0.2) is 9.67 Å². The van der Waals surface area contributed by atoms with Crippen LogP contribution in [0.5, 0.6) is 0 Å². The van der Waals surface area contributed by atoms with E-state index in [2.05, 4.69) is 0 Å². The molecule has 0 amide bonds. The van der Waals surface area contributed by atoms with Gasteiger partial charge in [-0.15, -0.1) is 0 Å². The Labute approximate surface area is 155 Å². The number of aliphatic hydroxyl groups excluding tert-OH is 1. The summed E-state index contributed by atoms with van der Waals surface area (Å²) in [5.41, 5.74) is 9.52. The fraction of sp³-hybridized carbons (Fsp3) is 0.150. The number of nitrogens with two attached hydrogens (primary N) is 1. The molecule has 1 atom stereocenters. The van der Waals surface area contributed by atoms with E-state index in [4.69, 9.17) is 21.8 Å². The molecule has 132 valence electrons. The molecular weight excluding hydrogens is 350 g/mol. The number of hydrogen-bond acceptors (Lipinski definition) is 3. The standard InChI is InChI=1S/C20H18ClN3O2/c21-15-9-7-14(8-10-15)12-23-16-4-1-2-5-17(16)24(20(23)22)13-18(25)19-6-3-11-26-19/h1-11,18,22,25H,12-13H2/p+1/t18-/m0/s1. The van der Waals surface area contributed by atoms with Crippen LogP contribution in [0.25, 0.3) is 11.0 Å². The van der Waals surface area contributed by atoms with Crippen LogP contribution in [0.3, 0.4) is 0 Å². The van der Waals surface area contributed by atoms with Crippen molar-refractivity contribution in [1.82, 2.24) is 4.57 Å². The molecule has 0 saturated heterocycles. The number of hydrogen-bond donors (Lipinski definition) is 2. The van der Waals surface area contributed by atoms with Crippen molar-refractivity contribution in [2.75, 3.05) is 5.73 Å². The second-order valence-electron chi connectivity index (χ2n) is 6.20. The zero-order valence-electron chi connectivity index (χ0n) is 14.0. The molecule has 4 rings (SSSR count). The summed E-state index contributed by atoms with van der Waals surface area (Å²) in [4.78, 5) is 0. The lowest BCUT2D eigenvalue weighted by molar-refractivity contribution is -0.648. The molecule has 0 saturated carbocycles. The lowest BCUT2D eigenvalue weighted by atomic mass is 10.2. The lowest BCUT2D eigenvalue weighted by Gasteiger charge is -2.07. The summed E-state index contributed by atoms with van der Waals surface area (Å²) in [6.07, 6.45) is 0.781. The molecule has 2 aromatic carbocycles. The van der Waals surface area contributed by atoms with E-state index >= 15 is 0 Å². The number of aromatic nitrogens is 2. The highest BCUT2D eigenvalue weighted by molar-refractivity contribution is 6.30. The van der Waals surface area contributed by atoms with Gasteiger partial charge in [0.25, 0.3) is 0 Å². The monoisotopic (exact) mass is 368 g/mol. The number of furan rings is 1. The second kappa shape index (κ2) is 6.86. The third-order valence-corrected chi connectivity index (χ3v) is 4.75. The van der Waals surface area contributed by atoms with Gasteiger partial charge in [-0.2, -0.15) is 0 Å². The minimum atomic E-state index is -0.771. The van der Waals surface area contributed by atoms with Crippen molar-refractivity contribution in [2.45, 2.75) is 19.2 Å². The number of imidazole rings is 1. The first-order valence-corrected chi connectivity index (χ1v) is 8.74. The molecular formula is C20H19ClN3O2+. The zero-order valence-corrected chi connectivity index (χ0v) is 14.8. The number of fused-ring (bicyclic) bond motifs is 1. The van der Waals surface area contributed by atoms with Gasteiger partial charge in [-0.25, -0.2) is 9.13 Å². The number of rotatable bonds is 5. The molecule has 0 aliphatic rings. The van der Waals surface area contributed by atoms with Gasteiger partial charge < -0.3 is 9.52 Å². The van der Waals surface area contributed by atoms with Crippen molar-refractivity contribution in [3.05, 3.63) is 83.3 Å². The van der Waals surface area contributed by atoms with Gasteiger partial charge in [0.2, 0.25) is 0 Å². The van der Waals surface area contributed by atoms with Gasteiger partial charge >= 0.3 is 5.95 Å². The summed E-state index contributed by atoms with van der Waals surface area (Å²) in [5.74, 6) is 1.10. The predicted octanol–water partition coefficient (Wildman–Crippen LogP) is 3.54. The maximum Gasteiger partial charge on any atom is 0.356 e.